The van der Waals surface area contributed by atoms with E-state index < -0.39 is 91.5 Å². The SMILES string of the molecule is COC(=O)[C@H](CC(C)C)N(CC(=O)N[C@@H]1O[C@H](COC(C)=O)[C@@H](OC(C)=O)[C@H](OC(C)=O)[C@H]1OC(C)=O)C(=O)CCCCCN1CSC(=S)N(CC(C)C)C1. The van der Waals surface area contributed by atoms with Gasteiger partial charge in [0.1, 0.15) is 29.6 Å². The number of thiocarbonyl (C=S) groups is 1. The summed E-state index contributed by atoms with van der Waals surface area (Å²) in [6, 6.07) is -1.10. The standard InChI is InChI=1S/C36H58N4O13S2/c1-21(2)15-27(35(47)48-9)40(30(46)13-11-10-12-14-38-19-39(16-22(3)4)36(54)55-20-38)17-29(45)37-34-33(52-26(8)44)32(51-25(7)43)31(50-24(6)42)28(53-34)18-49-23(5)41/h21-22,27-28,31-34H,10-20H2,1-9H3,(H,37,45)/t27-,28+,31+,32-,33+,34+/m0/s1. The molecule has 0 bridgehead atoms. The van der Waals surface area contributed by atoms with Gasteiger partial charge in [0.25, 0.3) is 0 Å². The Morgan fingerprint density at radius 2 is 1.49 bits per heavy atom. The lowest BCUT2D eigenvalue weighted by Gasteiger charge is -2.44. The molecule has 2 rings (SSSR count). The van der Waals surface area contributed by atoms with Gasteiger partial charge < -0.3 is 43.5 Å². The van der Waals surface area contributed by atoms with Gasteiger partial charge >= 0.3 is 29.8 Å². The zero-order valence-corrected chi connectivity index (χ0v) is 35.0. The second kappa shape index (κ2) is 23.5. The van der Waals surface area contributed by atoms with Crippen LogP contribution < -0.4 is 5.32 Å². The van der Waals surface area contributed by atoms with Gasteiger partial charge in [-0.25, -0.2) is 4.79 Å². The van der Waals surface area contributed by atoms with Gasteiger partial charge in [-0.15, -0.1) is 0 Å². The molecule has 0 spiro atoms. The van der Waals surface area contributed by atoms with Crippen molar-refractivity contribution in [2.24, 2.45) is 11.8 Å². The van der Waals surface area contributed by atoms with Crippen molar-refractivity contribution in [1.82, 2.24) is 20.0 Å². The van der Waals surface area contributed by atoms with Crippen molar-refractivity contribution in [3.05, 3.63) is 0 Å². The molecule has 6 atom stereocenters. The average Bonchev–Trinajstić information content (AvgIpc) is 3.07. The van der Waals surface area contributed by atoms with Crippen LogP contribution in [0.1, 0.15) is 87.5 Å². The van der Waals surface area contributed by atoms with E-state index in [1.165, 1.54) is 12.0 Å². The summed E-state index contributed by atoms with van der Waals surface area (Å²) >= 11 is 7.16. The number of thioether (sulfide) groups is 1. The van der Waals surface area contributed by atoms with Crippen LogP contribution in [0.3, 0.4) is 0 Å². The first-order valence-corrected chi connectivity index (χ1v) is 19.8. The predicted octanol–water partition coefficient (Wildman–Crippen LogP) is 2.37. The number of esters is 5. The number of hydrogen-bond donors (Lipinski definition) is 1. The van der Waals surface area contributed by atoms with E-state index in [-0.39, 0.29) is 18.8 Å². The molecule has 0 saturated carbocycles. The molecule has 0 aromatic heterocycles. The maximum Gasteiger partial charge on any atom is 0.328 e. The van der Waals surface area contributed by atoms with E-state index in [1.807, 2.05) is 13.8 Å². The molecular weight excluding hydrogens is 761 g/mol. The van der Waals surface area contributed by atoms with Crippen molar-refractivity contribution in [3.8, 4) is 0 Å². The molecule has 55 heavy (non-hydrogen) atoms. The summed E-state index contributed by atoms with van der Waals surface area (Å²) < 4.78 is 33.3. The van der Waals surface area contributed by atoms with Crippen LogP contribution in [-0.2, 0) is 62.0 Å². The molecule has 312 valence electrons. The summed E-state index contributed by atoms with van der Waals surface area (Å²) in [7, 11) is 1.20. The molecule has 0 unspecified atom stereocenters. The van der Waals surface area contributed by atoms with E-state index in [9.17, 15) is 33.6 Å². The number of hydrogen-bond acceptors (Lipinski definition) is 16. The summed E-state index contributed by atoms with van der Waals surface area (Å²) in [5.74, 6) is -3.95. The number of unbranched alkanes of at least 4 members (excludes halogenated alkanes) is 2. The molecule has 0 radical (unpaired) electrons. The van der Waals surface area contributed by atoms with Gasteiger partial charge in [-0.05, 0) is 31.1 Å². The van der Waals surface area contributed by atoms with Crippen LogP contribution in [-0.4, -0.2) is 143 Å². The van der Waals surface area contributed by atoms with Crippen LogP contribution >= 0.6 is 24.0 Å². The molecule has 1 N–H and O–H groups in total. The Kier molecular flexibility index (Phi) is 20.3. The molecule has 2 fully saturated rings. The highest BCUT2D eigenvalue weighted by Crippen LogP contribution is 2.29. The van der Waals surface area contributed by atoms with Gasteiger partial charge in [0.15, 0.2) is 24.5 Å². The zero-order chi connectivity index (χ0) is 41.4. The predicted molar refractivity (Wildman–Crippen MR) is 204 cm³/mol. The molecule has 0 aliphatic carbocycles. The summed E-state index contributed by atoms with van der Waals surface area (Å²) in [6.45, 7) is 13.8. The minimum Gasteiger partial charge on any atom is -0.467 e. The number of nitrogens with one attached hydrogen (secondary N) is 1. The fourth-order valence-electron chi connectivity index (χ4n) is 6.23. The van der Waals surface area contributed by atoms with Crippen molar-refractivity contribution >= 4 is 70.0 Å². The Bertz CT molecular complexity index is 1370. The fourth-order valence-corrected chi connectivity index (χ4v) is 7.34. The highest BCUT2D eigenvalue weighted by molar-refractivity contribution is 8.22. The van der Waals surface area contributed by atoms with Crippen molar-refractivity contribution < 1.29 is 62.0 Å². The topological polar surface area (TPSA) is 197 Å². The van der Waals surface area contributed by atoms with Gasteiger partial charge in [0, 0.05) is 47.2 Å². The highest BCUT2D eigenvalue weighted by Gasteiger charge is 2.53. The average molecular weight is 819 g/mol. The largest absolute Gasteiger partial charge is 0.467 e. The second-order valence-electron chi connectivity index (χ2n) is 14.4. The number of methoxy groups -OCH3 is 1. The van der Waals surface area contributed by atoms with Crippen LogP contribution in [0.5, 0.6) is 0 Å². The quantitative estimate of drug-likeness (QED) is 0.0813. The van der Waals surface area contributed by atoms with E-state index in [1.54, 1.807) is 11.8 Å². The summed E-state index contributed by atoms with van der Waals surface area (Å²) in [5, 5.41) is 2.57. The Morgan fingerprint density at radius 1 is 0.873 bits per heavy atom. The molecule has 0 aromatic rings. The number of carbonyl (C=O) groups excluding carboxylic acids is 7. The molecule has 2 aliphatic heterocycles. The molecule has 2 saturated heterocycles. The Balaban J connectivity index is 2.28. The maximum absolute atomic E-state index is 13.8. The van der Waals surface area contributed by atoms with Crippen LogP contribution in [0.15, 0.2) is 0 Å². The van der Waals surface area contributed by atoms with Crippen LogP contribution in [0.4, 0.5) is 0 Å². The molecule has 19 heteroatoms. The summed E-state index contributed by atoms with van der Waals surface area (Å²) in [6.07, 6.45) is -5.03. The summed E-state index contributed by atoms with van der Waals surface area (Å²) in [4.78, 5) is 94.6. The van der Waals surface area contributed by atoms with Gasteiger partial charge in [0.05, 0.1) is 19.7 Å². The van der Waals surface area contributed by atoms with Gasteiger partial charge in [-0.1, -0.05) is 58.1 Å². The zero-order valence-electron chi connectivity index (χ0n) is 33.4. The molecule has 2 aliphatic rings. The molecule has 17 nitrogen and oxygen atoms in total. The minimum absolute atomic E-state index is 0.0518. The monoisotopic (exact) mass is 818 g/mol. The van der Waals surface area contributed by atoms with E-state index in [0.29, 0.717) is 12.3 Å². The normalized spacial score (nSPS) is 22.1. The number of ether oxygens (including phenoxy) is 6. The lowest BCUT2D eigenvalue weighted by atomic mass is 9.97. The molecule has 0 aromatic carbocycles. The third-order valence-corrected chi connectivity index (χ3v) is 10.0. The Morgan fingerprint density at radius 3 is 2.05 bits per heavy atom. The number of rotatable bonds is 20. The second-order valence-corrected chi connectivity index (χ2v) is 16.0. The minimum atomic E-state index is -1.55. The van der Waals surface area contributed by atoms with Gasteiger partial charge in [0.2, 0.25) is 11.8 Å². The molecule has 2 heterocycles. The number of nitrogens with zero attached hydrogens (tertiary/aromatic N) is 3. The van der Waals surface area contributed by atoms with Crippen molar-refractivity contribution in [2.75, 3.05) is 45.9 Å². The summed E-state index contributed by atoms with van der Waals surface area (Å²) in [5.41, 5.74) is 0. The highest BCUT2D eigenvalue weighted by atomic mass is 32.2. The van der Waals surface area contributed by atoms with E-state index in [0.717, 1.165) is 70.5 Å². The maximum atomic E-state index is 13.8. The van der Waals surface area contributed by atoms with E-state index >= 15 is 0 Å². The van der Waals surface area contributed by atoms with Crippen molar-refractivity contribution in [3.63, 3.8) is 0 Å². The first-order valence-electron chi connectivity index (χ1n) is 18.4. The van der Waals surface area contributed by atoms with Crippen LogP contribution in [0.2, 0.25) is 0 Å². The van der Waals surface area contributed by atoms with Crippen LogP contribution in [0.25, 0.3) is 0 Å². The number of carbonyl (C=O) groups is 7. The number of amides is 2. The van der Waals surface area contributed by atoms with Crippen LogP contribution in [0, 0.1) is 11.8 Å². The fraction of sp³-hybridized carbons (Fsp3) is 0.778. The molecule has 2 amide bonds. The molecular formula is C36H58N4O13S2. The first-order chi connectivity index (χ1) is 25.8. The third-order valence-electron chi connectivity index (χ3n) is 8.42. The van der Waals surface area contributed by atoms with Crippen molar-refractivity contribution in [1.29, 1.82) is 0 Å². The van der Waals surface area contributed by atoms with Gasteiger partial charge in [-0.3, -0.25) is 33.7 Å². The first kappa shape index (κ1) is 47.6. The lowest BCUT2D eigenvalue weighted by molar-refractivity contribution is -0.257. The Labute approximate surface area is 333 Å². The lowest BCUT2D eigenvalue weighted by Crippen LogP contribution is -2.66. The van der Waals surface area contributed by atoms with Gasteiger partial charge in [-0.2, -0.15) is 0 Å². The van der Waals surface area contributed by atoms with E-state index in [2.05, 4.69) is 29.0 Å². The van der Waals surface area contributed by atoms with E-state index in [4.69, 9.17) is 40.6 Å². The third kappa shape index (κ3) is 16.6. The Hall–Kier alpha value is -3.55. The smallest absolute Gasteiger partial charge is 0.328 e. The van der Waals surface area contributed by atoms with Crippen molar-refractivity contribution in [2.45, 2.75) is 124 Å².